The third-order valence-corrected chi connectivity index (χ3v) is 6.67. The quantitative estimate of drug-likeness (QED) is 0.571. The number of aryl methyl sites for hydroxylation is 1. The molecule has 0 radical (unpaired) electrons. The third-order valence-electron chi connectivity index (χ3n) is 6.30. The molecule has 3 aromatic rings. The van der Waals surface area contributed by atoms with E-state index in [-0.39, 0.29) is 12.6 Å². The Kier molecular flexibility index (Phi) is 6.92. The van der Waals surface area contributed by atoms with Gasteiger partial charge in [0.05, 0.1) is 12.1 Å². The van der Waals surface area contributed by atoms with E-state index < -0.39 is 28.8 Å². The molecule has 1 aliphatic rings. The number of carbonyl (C=O) groups excluding carboxylic acids is 1. The predicted octanol–water partition coefficient (Wildman–Crippen LogP) is 3.37. The molecule has 1 aliphatic heterocycles. The number of fused-ring (bicyclic) bond motifs is 1. The number of nitrogens with zero attached hydrogens (tertiary/aromatic N) is 4. The first kappa shape index (κ1) is 25.8. The summed E-state index contributed by atoms with van der Waals surface area (Å²) >= 11 is 6.37. The van der Waals surface area contributed by atoms with Crippen molar-refractivity contribution in [2.75, 3.05) is 18.0 Å². The highest BCUT2D eigenvalue weighted by atomic mass is 35.5. The number of amides is 1. The van der Waals surface area contributed by atoms with E-state index in [4.69, 9.17) is 16.3 Å². The smallest absolute Gasteiger partial charge is 0.407 e. The molecule has 1 N–H and O–H groups in total. The number of alkyl carbamates (subject to hydrolysis) is 1. The van der Waals surface area contributed by atoms with Crippen molar-refractivity contribution in [3.8, 4) is 0 Å². The average Bonchev–Trinajstić information content (AvgIpc) is 3.17. The van der Waals surface area contributed by atoms with Gasteiger partial charge in [-0.1, -0.05) is 11.6 Å². The van der Waals surface area contributed by atoms with Gasteiger partial charge in [0.25, 0.3) is 5.56 Å². The van der Waals surface area contributed by atoms with Crippen molar-refractivity contribution in [3.63, 3.8) is 0 Å². The Morgan fingerprint density at radius 2 is 1.92 bits per heavy atom. The second-order valence-corrected chi connectivity index (χ2v) is 10.6. The summed E-state index contributed by atoms with van der Waals surface area (Å²) in [4.78, 5) is 40.3. The Hall–Kier alpha value is -3.27. The molecule has 1 saturated heterocycles. The number of hydrogen-bond acceptors (Lipinski definition) is 5. The summed E-state index contributed by atoms with van der Waals surface area (Å²) in [6, 6.07) is 5.72. The Labute approximate surface area is 213 Å². The van der Waals surface area contributed by atoms with Crippen LogP contribution in [0.4, 0.5) is 15.0 Å². The van der Waals surface area contributed by atoms with Crippen molar-refractivity contribution in [1.29, 1.82) is 0 Å². The standard InChI is InChI=1S/C25H31ClFN5O4/c1-25(2,3)36-23(34)28-17-7-6-10-31(14-17)20-12-19-21(22(33)30(5)24(35)29(19)4)32(20)13-15-11-16(27)8-9-18(15)26/h8-9,11-12,17H,6-7,10,13-14H2,1-5H3,(H,28,34). The number of halogens is 2. The molecule has 1 fully saturated rings. The lowest BCUT2D eigenvalue weighted by Gasteiger charge is -2.35. The van der Waals surface area contributed by atoms with Crippen LogP contribution >= 0.6 is 11.6 Å². The molecule has 3 heterocycles. The van der Waals surface area contributed by atoms with Gasteiger partial charge in [0.2, 0.25) is 0 Å². The Morgan fingerprint density at radius 1 is 1.19 bits per heavy atom. The number of nitrogens with one attached hydrogen (secondary N) is 1. The number of anilines is 1. The normalized spacial score (nSPS) is 16.4. The number of rotatable bonds is 4. The maximum absolute atomic E-state index is 14.1. The zero-order valence-electron chi connectivity index (χ0n) is 21.1. The lowest BCUT2D eigenvalue weighted by molar-refractivity contribution is 0.0500. The second kappa shape index (κ2) is 9.65. The van der Waals surface area contributed by atoms with Crippen LogP contribution in [0.1, 0.15) is 39.2 Å². The van der Waals surface area contributed by atoms with E-state index in [0.717, 1.165) is 17.4 Å². The van der Waals surface area contributed by atoms with Crippen LogP contribution in [-0.2, 0) is 25.4 Å². The Balaban J connectivity index is 1.78. The Bertz CT molecular complexity index is 1440. The SMILES string of the molecule is Cn1c(=O)c2c(cc(N3CCCC(NC(=O)OC(C)(C)C)C3)n2Cc2cc(F)ccc2Cl)n(C)c1=O. The van der Waals surface area contributed by atoms with Crippen LogP contribution in [0.5, 0.6) is 0 Å². The highest BCUT2D eigenvalue weighted by molar-refractivity contribution is 6.31. The van der Waals surface area contributed by atoms with Crippen LogP contribution in [0, 0.1) is 5.82 Å². The van der Waals surface area contributed by atoms with Crippen LogP contribution < -0.4 is 21.5 Å². The van der Waals surface area contributed by atoms with Gasteiger partial charge in [0.1, 0.15) is 22.8 Å². The summed E-state index contributed by atoms with van der Waals surface area (Å²) in [5.41, 5.74) is -0.216. The first-order chi connectivity index (χ1) is 16.9. The van der Waals surface area contributed by atoms with Crippen molar-refractivity contribution >= 4 is 34.5 Å². The molecule has 0 saturated carbocycles. The highest BCUT2D eigenvalue weighted by Crippen LogP contribution is 2.29. The van der Waals surface area contributed by atoms with Crippen LogP contribution in [0.25, 0.3) is 11.0 Å². The fraction of sp³-hybridized carbons (Fsp3) is 0.480. The molecular formula is C25H31ClFN5O4. The molecule has 1 aromatic carbocycles. The van der Waals surface area contributed by atoms with Gasteiger partial charge >= 0.3 is 11.8 Å². The molecule has 0 bridgehead atoms. The largest absolute Gasteiger partial charge is 0.444 e. The van der Waals surface area contributed by atoms with Crippen molar-refractivity contribution in [2.24, 2.45) is 14.1 Å². The number of piperidine rings is 1. The summed E-state index contributed by atoms with van der Waals surface area (Å²) in [6.45, 7) is 6.69. The molecule has 1 atom stereocenters. The van der Waals surface area contributed by atoms with Gasteiger partial charge in [-0.3, -0.25) is 13.9 Å². The molecule has 1 unspecified atom stereocenters. The van der Waals surface area contributed by atoms with Gasteiger partial charge in [-0.25, -0.2) is 14.0 Å². The van der Waals surface area contributed by atoms with Gasteiger partial charge < -0.3 is 19.5 Å². The van der Waals surface area contributed by atoms with E-state index in [1.165, 1.54) is 29.8 Å². The third kappa shape index (κ3) is 5.13. The molecular weight excluding hydrogens is 489 g/mol. The minimum Gasteiger partial charge on any atom is -0.444 e. The lowest BCUT2D eigenvalue weighted by atomic mass is 10.1. The van der Waals surface area contributed by atoms with E-state index in [1.807, 2.05) is 0 Å². The predicted molar refractivity (Wildman–Crippen MR) is 138 cm³/mol. The molecule has 1 amide bonds. The van der Waals surface area contributed by atoms with Gasteiger partial charge in [0, 0.05) is 44.3 Å². The van der Waals surface area contributed by atoms with Crippen LogP contribution in [0.2, 0.25) is 5.02 Å². The van der Waals surface area contributed by atoms with E-state index in [0.29, 0.717) is 40.5 Å². The van der Waals surface area contributed by atoms with E-state index in [9.17, 15) is 18.8 Å². The van der Waals surface area contributed by atoms with Crippen molar-refractivity contribution in [2.45, 2.75) is 51.8 Å². The van der Waals surface area contributed by atoms with Gasteiger partial charge in [-0.15, -0.1) is 0 Å². The molecule has 0 aliphatic carbocycles. The molecule has 36 heavy (non-hydrogen) atoms. The first-order valence-corrected chi connectivity index (χ1v) is 12.2. The van der Waals surface area contributed by atoms with Gasteiger partial charge in [-0.2, -0.15) is 0 Å². The topological polar surface area (TPSA) is 90.5 Å². The highest BCUT2D eigenvalue weighted by Gasteiger charge is 2.28. The lowest BCUT2D eigenvalue weighted by Crippen LogP contribution is -2.49. The van der Waals surface area contributed by atoms with E-state index >= 15 is 0 Å². The number of hydrogen-bond donors (Lipinski definition) is 1. The van der Waals surface area contributed by atoms with Crippen LogP contribution in [-0.4, -0.2) is 44.5 Å². The zero-order chi connectivity index (χ0) is 26.4. The number of aromatic nitrogens is 3. The summed E-state index contributed by atoms with van der Waals surface area (Å²) in [5.74, 6) is 0.242. The summed E-state index contributed by atoms with van der Waals surface area (Å²) in [6.07, 6.45) is 1.07. The average molecular weight is 520 g/mol. The number of ether oxygens (including phenoxy) is 1. The number of benzene rings is 1. The summed E-state index contributed by atoms with van der Waals surface area (Å²) in [7, 11) is 3.04. The first-order valence-electron chi connectivity index (χ1n) is 11.8. The molecule has 194 valence electrons. The number of carbonyl (C=O) groups is 1. The van der Waals surface area contributed by atoms with Crippen molar-refractivity contribution in [1.82, 2.24) is 19.0 Å². The van der Waals surface area contributed by atoms with E-state index in [2.05, 4.69) is 10.2 Å². The fourth-order valence-corrected chi connectivity index (χ4v) is 4.79. The van der Waals surface area contributed by atoms with Crippen LogP contribution in [0.15, 0.2) is 33.9 Å². The zero-order valence-corrected chi connectivity index (χ0v) is 21.9. The molecule has 9 nitrogen and oxygen atoms in total. The summed E-state index contributed by atoms with van der Waals surface area (Å²) in [5, 5.41) is 3.30. The van der Waals surface area contributed by atoms with E-state index in [1.54, 1.807) is 38.5 Å². The molecule has 11 heteroatoms. The van der Waals surface area contributed by atoms with Crippen molar-refractivity contribution in [3.05, 3.63) is 61.5 Å². The maximum atomic E-state index is 14.1. The fourth-order valence-electron chi connectivity index (χ4n) is 4.61. The molecule has 0 spiro atoms. The van der Waals surface area contributed by atoms with Crippen molar-refractivity contribution < 1.29 is 13.9 Å². The summed E-state index contributed by atoms with van der Waals surface area (Å²) < 4.78 is 23.7. The van der Waals surface area contributed by atoms with Gasteiger partial charge in [-0.05, 0) is 57.4 Å². The maximum Gasteiger partial charge on any atom is 0.407 e. The second-order valence-electron chi connectivity index (χ2n) is 10.2. The van der Waals surface area contributed by atoms with Gasteiger partial charge in [0.15, 0.2) is 0 Å². The van der Waals surface area contributed by atoms with Crippen LogP contribution in [0.3, 0.4) is 0 Å². The molecule has 4 rings (SSSR count). The minimum atomic E-state index is -0.611. The monoisotopic (exact) mass is 519 g/mol. The minimum absolute atomic E-state index is 0.129. The Morgan fingerprint density at radius 3 is 2.61 bits per heavy atom. The molecule has 2 aromatic heterocycles.